The molecule has 0 amide bonds. The van der Waals surface area contributed by atoms with Gasteiger partial charge in [0.25, 0.3) is 0 Å². The predicted octanol–water partition coefficient (Wildman–Crippen LogP) is 3.25. The van der Waals surface area contributed by atoms with E-state index in [0.29, 0.717) is 22.8 Å². The van der Waals surface area contributed by atoms with Gasteiger partial charge in [0.05, 0.1) is 6.54 Å². The molecule has 1 fully saturated rings. The zero-order chi connectivity index (χ0) is 14.9. The van der Waals surface area contributed by atoms with Crippen LogP contribution in [0.4, 0.5) is 0 Å². The van der Waals surface area contributed by atoms with Crippen molar-refractivity contribution >= 4 is 34.7 Å². The molecule has 0 aliphatic heterocycles. The normalized spacial score (nSPS) is 14.4. The monoisotopic (exact) mass is 350 g/mol. The average molecular weight is 351 g/mol. The van der Waals surface area contributed by atoms with E-state index in [-0.39, 0.29) is 0 Å². The summed E-state index contributed by atoms with van der Waals surface area (Å²) >= 11 is 9.19. The molecule has 0 atom stereocenters. The molecule has 0 saturated heterocycles. The van der Waals surface area contributed by atoms with Gasteiger partial charge in [-0.25, -0.2) is 14.6 Å². The van der Waals surface area contributed by atoms with Gasteiger partial charge in [-0.3, -0.25) is 0 Å². The van der Waals surface area contributed by atoms with E-state index >= 15 is 0 Å². The smallest absolute Gasteiger partial charge is 0.215 e. The third-order valence-corrected chi connectivity index (χ3v) is 5.16. The highest BCUT2D eigenvalue weighted by molar-refractivity contribution is 7.99. The molecular formula is C13H11ClN6S2. The van der Waals surface area contributed by atoms with E-state index in [2.05, 4.69) is 31.6 Å². The van der Waals surface area contributed by atoms with E-state index in [4.69, 9.17) is 11.6 Å². The molecule has 6 nitrogen and oxygen atoms in total. The maximum absolute atomic E-state index is 6.10. The van der Waals surface area contributed by atoms with Crippen LogP contribution in [-0.4, -0.2) is 30.2 Å². The first-order chi connectivity index (χ1) is 10.8. The van der Waals surface area contributed by atoms with Gasteiger partial charge >= 0.3 is 0 Å². The van der Waals surface area contributed by atoms with Crippen LogP contribution in [-0.2, 0) is 6.54 Å². The maximum Gasteiger partial charge on any atom is 0.215 e. The van der Waals surface area contributed by atoms with E-state index in [0.717, 1.165) is 23.7 Å². The van der Waals surface area contributed by atoms with E-state index in [9.17, 15) is 0 Å². The average Bonchev–Trinajstić information content (AvgIpc) is 3.07. The first kappa shape index (κ1) is 14.1. The van der Waals surface area contributed by atoms with Gasteiger partial charge in [0.2, 0.25) is 5.16 Å². The number of halogens is 1. The SMILES string of the molecule is Clc1cc(Sc2nnnn2Cc2cccs2)nc(C2CC2)n1. The Morgan fingerprint density at radius 1 is 1.36 bits per heavy atom. The topological polar surface area (TPSA) is 69.4 Å². The number of rotatable bonds is 5. The summed E-state index contributed by atoms with van der Waals surface area (Å²) in [5.74, 6) is 1.28. The minimum absolute atomic E-state index is 0.458. The molecule has 112 valence electrons. The van der Waals surface area contributed by atoms with Gasteiger partial charge in [0, 0.05) is 16.9 Å². The standard InChI is InChI=1S/C13H11ClN6S2/c14-10-6-11(16-12(15-10)8-3-4-8)22-13-17-18-19-20(13)7-9-2-1-5-21-9/h1-2,5-6,8H,3-4,7H2. The van der Waals surface area contributed by atoms with Gasteiger partial charge in [-0.15, -0.1) is 16.4 Å². The van der Waals surface area contributed by atoms with E-state index in [1.165, 1.54) is 16.6 Å². The Morgan fingerprint density at radius 3 is 3.05 bits per heavy atom. The lowest BCUT2D eigenvalue weighted by molar-refractivity contribution is 0.608. The lowest BCUT2D eigenvalue weighted by atomic mass is 10.4. The fraction of sp³-hybridized carbons (Fsp3) is 0.308. The summed E-state index contributed by atoms with van der Waals surface area (Å²) in [6, 6.07) is 5.83. The molecule has 1 aliphatic carbocycles. The number of aromatic nitrogens is 6. The Hall–Kier alpha value is -1.51. The second-order valence-electron chi connectivity index (χ2n) is 4.96. The molecule has 0 aromatic carbocycles. The van der Waals surface area contributed by atoms with Crippen molar-refractivity contribution in [1.82, 2.24) is 30.2 Å². The molecule has 1 aliphatic rings. The summed E-state index contributed by atoms with van der Waals surface area (Å²) in [6.07, 6.45) is 2.28. The summed E-state index contributed by atoms with van der Waals surface area (Å²) in [7, 11) is 0. The predicted molar refractivity (Wildman–Crippen MR) is 84.4 cm³/mol. The van der Waals surface area contributed by atoms with Crippen LogP contribution in [0, 0.1) is 0 Å². The van der Waals surface area contributed by atoms with Crippen molar-refractivity contribution in [3.05, 3.63) is 39.4 Å². The van der Waals surface area contributed by atoms with Crippen LogP contribution in [0.3, 0.4) is 0 Å². The van der Waals surface area contributed by atoms with Crippen molar-refractivity contribution < 1.29 is 0 Å². The van der Waals surface area contributed by atoms with Crippen LogP contribution in [0.25, 0.3) is 0 Å². The van der Waals surface area contributed by atoms with Crippen molar-refractivity contribution in [2.24, 2.45) is 0 Å². The molecule has 9 heteroatoms. The van der Waals surface area contributed by atoms with Crippen molar-refractivity contribution in [2.45, 2.75) is 35.5 Å². The van der Waals surface area contributed by atoms with Gasteiger partial charge in [-0.2, -0.15) is 0 Å². The summed E-state index contributed by atoms with van der Waals surface area (Å²) in [4.78, 5) is 10.1. The van der Waals surface area contributed by atoms with Crippen LogP contribution in [0.1, 0.15) is 29.5 Å². The molecule has 3 aromatic rings. The number of nitrogens with zero attached hydrogens (tertiary/aromatic N) is 6. The first-order valence-electron chi connectivity index (χ1n) is 6.79. The quantitative estimate of drug-likeness (QED) is 0.658. The summed E-state index contributed by atoms with van der Waals surface area (Å²) in [5.41, 5.74) is 0. The molecular weight excluding hydrogens is 340 g/mol. The Labute approximate surface area is 139 Å². The van der Waals surface area contributed by atoms with Crippen LogP contribution < -0.4 is 0 Å². The van der Waals surface area contributed by atoms with Crippen LogP contribution >= 0.6 is 34.7 Å². The molecule has 22 heavy (non-hydrogen) atoms. The number of hydrogen-bond acceptors (Lipinski definition) is 7. The highest BCUT2D eigenvalue weighted by atomic mass is 35.5. The molecule has 1 saturated carbocycles. The zero-order valence-corrected chi connectivity index (χ0v) is 13.8. The Balaban J connectivity index is 1.57. The molecule has 0 unspecified atom stereocenters. The number of hydrogen-bond donors (Lipinski definition) is 0. The van der Waals surface area contributed by atoms with Crippen molar-refractivity contribution in [3.8, 4) is 0 Å². The van der Waals surface area contributed by atoms with Gasteiger partial charge in [-0.05, 0) is 46.5 Å². The maximum atomic E-state index is 6.10. The molecule has 3 heterocycles. The third kappa shape index (κ3) is 3.13. The molecule has 0 radical (unpaired) electrons. The Kier molecular flexibility index (Phi) is 3.81. The van der Waals surface area contributed by atoms with Gasteiger partial charge in [0.15, 0.2) is 0 Å². The van der Waals surface area contributed by atoms with E-state index in [1.807, 2.05) is 11.4 Å². The summed E-state index contributed by atoms with van der Waals surface area (Å²) in [5, 5.41) is 15.9. The highest BCUT2D eigenvalue weighted by Crippen LogP contribution is 2.39. The first-order valence-corrected chi connectivity index (χ1v) is 8.86. The molecule has 0 spiro atoms. The van der Waals surface area contributed by atoms with Crippen LogP contribution in [0.15, 0.2) is 33.8 Å². The van der Waals surface area contributed by atoms with E-state index < -0.39 is 0 Å². The second kappa shape index (κ2) is 5.94. The lowest BCUT2D eigenvalue weighted by Crippen LogP contribution is -2.03. The Morgan fingerprint density at radius 2 is 2.27 bits per heavy atom. The molecule has 4 rings (SSSR count). The van der Waals surface area contributed by atoms with Crippen molar-refractivity contribution in [3.63, 3.8) is 0 Å². The van der Waals surface area contributed by atoms with Crippen LogP contribution in [0.5, 0.6) is 0 Å². The van der Waals surface area contributed by atoms with Gasteiger partial charge < -0.3 is 0 Å². The minimum atomic E-state index is 0.458. The van der Waals surface area contributed by atoms with Gasteiger partial charge in [-0.1, -0.05) is 17.7 Å². The van der Waals surface area contributed by atoms with E-state index in [1.54, 1.807) is 22.1 Å². The molecule has 0 bridgehead atoms. The molecule has 0 N–H and O–H groups in total. The molecule has 3 aromatic heterocycles. The fourth-order valence-electron chi connectivity index (χ4n) is 2.00. The van der Waals surface area contributed by atoms with Crippen molar-refractivity contribution in [2.75, 3.05) is 0 Å². The van der Waals surface area contributed by atoms with Gasteiger partial charge in [0.1, 0.15) is 16.0 Å². The highest BCUT2D eigenvalue weighted by Gasteiger charge is 2.27. The summed E-state index contributed by atoms with van der Waals surface area (Å²) < 4.78 is 1.77. The van der Waals surface area contributed by atoms with Crippen LogP contribution in [0.2, 0.25) is 5.15 Å². The number of thiophene rings is 1. The second-order valence-corrected chi connectivity index (χ2v) is 7.37. The number of tetrazole rings is 1. The lowest BCUT2D eigenvalue weighted by Gasteiger charge is -2.04. The summed E-state index contributed by atoms with van der Waals surface area (Å²) in [6.45, 7) is 0.654. The largest absolute Gasteiger partial charge is 0.226 e. The zero-order valence-electron chi connectivity index (χ0n) is 11.4. The Bertz CT molecular complexity index is 784. The van der Waals surface area contributed by atoms with Crippen molar-refractivity contribution in [1.29, 1.82) is 0 Å². The fourth-order valence-corrected chi connectivity index (χ4v) is 3.72. The minimum Gasteiger partial charge on any atom is -0.226 e. The third-order valence-electron chi connectivity index (χ3n) is 3.21.